The predicted octanol–water partition coefficient (Wildman–Crippen LogP) is 0.926. The molecule has 1 atom stereocenters. The van der Waals surface area contributed by atoms with E-state index in [1.165, 1.54) is 12.3 Å². The highest BCUT2D eigenvalue weighted by atomic mass is 32.2. The largest absolute Gasteiger partial charge is 0.507 e. The van der Waals surface area contributed by atoms with Crippen molar-refractivity contribution in [3.8, 4) is 5.75 Å². The van der Waals surface area contributed by atoms with Crippen LogP contribution in [0.4, 0.5) is 5.69 Å². The highest BCUT2D eigenvalue weighted by Crippen LogP contribution is 2.28. The number of aliphatic hydroxyl groups excluding tert-OH is 1. The third kappa shape index (κ3) is 4.19. The molecular weight excluding hydrogens is 254 g/mol. The maximum absolute atomic E-state index is 11.1. The maximum atomic E-state index is 11.1. The monoisotopic (exact) mass is 273 g/mol. The Labute approximate surface area is 108 Å². The first-order chi connectivity index (χ1) is 8.20. The molecule has 0 amide bonds. The van der Waals surface area contributed by atoms with E-state index in [1.807, 2.05) is 0 Å². The summed E-state index contributed by atoms with van der Waals surface area (Å²) in [6.07, 6.45) is 0.454. The van der Waals surface area contributed by atoms with Crippen LogP contribution in [0.3, 0.4) is 0 Å². The summed E-state index contributed by atoms with van der Waals surface area (Å²) in [5.74, 6) is 0.0660. The number of sulfone groups is 1. The Kier molecular flexibility index (Phi) is 4.59. The molecule has 0 radical (unpaired) electrons. The highest BCUT2D eigenvalue weighted by Gasteiger charge is 2.11. The number of aliphatic hydroxyl groups is 1. The van der Waals surface area contributed by atoms with E-state index in [0.29, 0.717) is 17.8 Å². The average Bonchev–Trinajstić information content (AvgIpc) is 2.24. The van der Waals surface area contributed by atoms with Gasteiger partial charge in [0.15, 0.2) is 0 Å². The second kappa shape index (κ2) is 5.58. The summed E-state index contributed by atoms with van der Waals surface area (Å²) in [7, 11) is -1.25. The third-order valence-corrected chi connectivity index (χ3v) is 3.63. The summed E-state index contributed by atoms with van der Waals surface area (Å²) in [4.78, 5) is 1.74. The Morgan fingerprint density at radius 3 is 2.44 bits per heavy atom. The van der Waals surface area contributed by atoms with Gasteiger partial charge in [-0.05, 0) is 13.0 Å². The van der Waals surface area contributed by atoms with Crippen LogP contribution >= 0.6 is 0 Å². The predicted molar refractivity (Wildman–Crippen MR) is 71.7 cm³/mol. The number of nitrogens with zero attached hydrogens (tertiary/aromatic N) is 1. The number of benzene rings is 1. The first-order valence-electron chi connectivity index (χ1n) is 5.60. The zero-order valence-corrected chi connectivity index (χ0v) is 11.6. The molecule has 0 spiro atoms. The van der Waals surface area contributed by atoms with E-state index < -0.39 is 15.9 Å². The van der Waals surface area contributed by atoms with Gasteiger partial charge in [0, 0.05) is 37.2 Å². The molecule has 0 bridgehead atoms. The smallest absolute Gasteiger partial charge is 0.149 e. The van der Waals surface area contributed by atoms with Gasteiger partial charge in [0.25, 0.3) is 0 Å². The lowest BCUT2D eigenvalue weighted by atomic mass is 10.1. The summed E-state index contributed by atoms with van der Waals surface area (Å²) < 4.78 is 22.1. The van der Waals surface area contributed by atoms with Gasteiger partial charge in [-0.15, -0.1) is 0 Å². The molecule has 0 aliphatic carbocycles. The van der Waals surface area contributed by atoms with Gasteiger partial charge in [0.05, 0.1) is 11.9 Å². The van der Waals surface area contributed by atoms with Crippen molar-refractivity contribution in [2.75, 3.05) is 30.5 Å². The molecule has 1 unspecified atom stereocenters. The molecule has 2 N–H and O–H groups in total. The van der Waals surface area contributed by atoms with Crippen molar-refractivity contribution < 1.29 is 18.6 Å². The lowest BCUT2D eigenvalue weighted by molar-refractivity contribution is 0.195. The van der Waals surface area contributed by atoms with Crippen LogP contribution in [0.25, 0.3) is 0 Å². The molecule has 102 valence electrons. The molecular formula is C12H19NO4S. The minimum absolute atomic E-state index is 0.00806. The van der Waals surface area contributed by atoms with Gasteiger partial charge in [0.1, 0.15) is 15.6 Å². The Hall–Kier alpha value is -1.27. The van der Waals surface area contributed by atoms with E-state index >= 15 is 0 Å². The number of phenolic OH excluding ortho intramolecular Hbond substituents is 1. The van der Waals surface area contributed by atoms with Crippen molar-refractivity contribution in [2.45, 2.75) is 13.0 Å². The van der Waals surface area contributed by atoms with Crippen LogP contribution in [-0.4, -0.2) is 44.2 Å². The number of hydrogen-bond acceptors (Lipinski definition) is 5. The Bertz CT molecular complexity index is 511. The lowest BCUT2D eigenvalue weighted by Gasteiger charge is -2.20. The molecule has 18 heavy (non-hydrogen) atoms. The van der Waals surface area contributed by atoms with Crippen molar-refractivity contribution >= 4 is 15.5 Å². The van der Waals surface area contributed by atoms with Crippen LogP contribution in [-0.2, 0) is 9.84 Å². The molecule has 1 rings (SSSR count). The Morgan fingerprint density at radius 1 is 1.39 bits per heavy atom. The van der Waals surface area contributed by atoms with E-state index in [1.54, 1.807) is 31.0 Å². The molecule has 0 aliphatic rings. The number of anilines is 1. The fourth-order valence-electron chi connectivity index (χ4n) is 1.55. The second-order valence-corrected chi connectivity index (χ2v) is 6.73. The van der Waals surface area contributed by atoms with Crippen molar-refractivity contribution in [3.05, 3.63) is 23.8 Å². The fourth-order valence-corrected chi connectivity index (χ4v) is 2.16. The van der Waals surface area contributed by atoms with E-state index in [9.17, 15) is 18.6 Å². The molecule has 0 fully saturated rings. The second-order valence-electron chi connectivity index (χ2n) is 4.47. The molecule has 1 aromatic rings. The molecule has 0 aromatic heterocycles. The van der Waals surface area contributed by atoms with Gasteiger partial charge >= 0.3 is 0 Å². The van der Waals surface area contributed by atoms with E-state index in [4.69, 9.17) is 0 Å². The van der Waals surface area contributed by atoms with E-state index in [0.717, 1.165) is 0 Å². The maximum Gasteiger partial charge on any atom is 0.149 e. The lowest BCUT2D eigenvalue weighted by Crippen LogP contribution is -2.24. The van der Waals surface area contributed by atoms with Crippen LogP contribution in [0.15, 0.2) is 18.2 Å². The molecule has 0 saturated heterocycles. The minimum Gasteiger partial charge on any atom is -0.507 e. The van der Waals surface area contributed by atoms with Crippen LogP contribution in [0.5, 0.6) is 5.75 Å². The molecule has 6 heteroatoms. The fraction of sp³-hybridized carbons (Fsp3) is 0.500. The van der Waals surface area contributed by atoms with Crippen molar-refractivity contribution in [2.24, 2.45) is 0 Å². The Morgan fingerprint density at radius 2 is 2.00 bits per heavy atom. The molecule has 0 heterocycles. The normalized spacial score (nSPS) is 13.3. The third-order valence-electron chi connectivity index (χ3n) is 2.70. The quantitative estimate of drug-likeness (QED) is 0.834. The molecule has 5 nitrogen and oxygen atoms in total. The van der Waals surface area contributed by atoms with E-state index in [-0.39, 0.29) is 11.5 Å². The number of rotatable bonds is 5. The summed E-state index contributed by atoms with van der Waals surface area (Å²) in [6.45, 7) is 1.92. The molecule has 0 aliphatic heterocycles. The van der Waals surface area contributed by atoms with Crippen molar-refractivity contribution in [1.82, 2.24) is 0 Å². The van der Waals surface area contributed by atoms with Crippen molar-refractivity contribution in [1.29, 1.82) is 0 Å². The first kappa shape index (κ1) is 14.8. The summed E-state index contributed by atoms with van der Waals surface area (Å²) >= 11 is 0. The number of phenols is 1. The van der Waals surface area contributed by atoms with E-state index in [2.05, 4.69) is 0 Å². The summed E-state index contributed by atoms with van der Waals surface area (Å²) in [6, 6.07) is 4.89. The topological polar surface area (TPSA) is 77.8 Å². The van der Waals surface area contributed by atoms with Gasteiger partial charge in [-0.25, -0.2) is 8.42 Å². The number of hydrogen-bond donors (Lipinski definition) is 2. The summed E-state index contributed by atoms with van der Waals surface area (Å²) in [5, 5.41) is 19.1. The highest BCUT2D eigenvalue weighted by molar-refractivity contribution is 7.90. The van der Waals surface area contributed by atoms with Gasteiger partial charge in [0.2, 0.25) is 0 Å². The standard InChI is InChI=1S/C12H19NO4S/c1-9(14)11-5-4-10(8-12(11)15)13(2)6-7-18(3,16)17/h4-5,8-9,14-15H,6-7H2,1-3H3. The van der Waals surface area contributed by atoms with Gasteiger partial charge in [-0.3, -0.25) is 0 Å². The number of aromatic hydroxyl groups is 1. The zero-order chi connectivity index (χ0) is 13.9. The molecule has 1 aromatic carbocycles. The van der Waals surface area contributed by atoms with Crippen LogP contribution < -0.4 is 4.90 Å². The first-order valence-corrected chi connectivity index (χ1v) is 7.66. The summed E-state index contributed by atoms with van der Waals surface area (Å²) in [5.41, 5.74) is 1.16. The SMILES string of the molecule is CC(O)c1ccc(N(C)CCS(C)(=O)=O)cc1O. The zero-order valence-electron chi connectivity index (χ0n) is 10.8. The molecule has 0 saturated carbocycles. The van der Waals surface area contributed by atoms with Crippen LogP contribution in [0, 0.1) is 0 Å². The van der Waals surface area contributed by atoms with Crippen LogP contribution in [0.2, 0.25) is 0 Å². The van der Waals surface area contributed by atoms with Gasteiger partial charge in [-0.2, -0.15) is 0 Å². The van der Waals surface area contributed by atoms with Crippen molar-refractivity contribution in [3.63, 3.8) is 0 Å². The van der Waals surface area contributed by atoms with Crippen LogP contribution in [0.1, 0.15) is 18.6 Å². The average molecular weight is 273 g/mol. The Balaban J connectivity index is 2.81. The van der Waals surface area contributed by atoms with Gasteiger partial charge < -0.3 is 15.1 Å². The minimum atomic E-state index is -3.00. The van der Waals surface area contributed by atoms with Gasteiger partial charge in [-0.1, -0.05) is 6.07 Å².